The van der Waals surface area contributed by atoms with Crippen LogP contribution in [0.5, 0.6) is 5.75 Å². The molecule has 2 aromatic carbocycles. The molecule has 7 heteroatoms. The van der Waals surface area contributed by atoms with Crippen molar-refractivity contribution in [3.63, 3.8) is 0 Å². The fourth-order valence-electron chi connectivity index (χ4n) is 1.83. The molecule has 5 nitrogen and oxygen atoms in total. The van der Waals surface area contributed by atoms with E-state index in [4.69, 9.17) is 16.3 Å². The molecule has 0 aliphatic heterocycles. The maximum atomic E-state index is 12.2. The monoisotopic (exact) mass is 396 g/mol. The van der Waals surface area contributed by atoms with Crippen LogP contribution in [0.3, 0.4) is 0 Å². The minimum Gasteiger partial charge on any atom is -0.545 e. The van der Waals surface area contributed by atoms with Gasteiger partial charge < -0.3 is 20.0 Å². The van der Waals surface area contributed by atoms with Crippen molar-refractivity contribution in [2.24, 2.45) is 0 Å². The Hall–Kier alpha value is -2.05. The normalized spacial score (nSPS) is 11.6. The van der Waals surface area contributed by atoms with Crippen LogP contribution < -0.4 is 15.2 Å². The van der Waals surface area contributed by atoms with Crippen LogP contribution in [0.4, 0.5) is 5.69 Å². The van der Waals surface area contributed by atoms with Gasteiger partial charge in [0.05, 0.1) is 5.97 Å². The van der Waals surface area contributed by atoms with E-state index in [9.17, 15) is 14.7 Å². The molecule has 0 aromatic heterocycles. The number of benzene rings is 2. The van der Waals surface area contributed by atoms with Gasteiger partial charge in [-0.3, -0.25) is 4.79 Å². The lowest BCUT2D eigenvalue weighted by atomic mass is 10.1. The fraction of sp³-hybridized carbons (Fsp3) is 0.125. The lowest BCUT2D eigenvalue weighted by molar-refractivity contribution is -0.254. The van der Waals surface area contributed by atoms with E-state index in [0.29, 0.717) is 15.2 Å². The third kappa shape index (κ3) is 4.71. The predicted octanol–water partition coefficient (Wildman–Crippen LogP) is 2.87. The molecule has 0 spiro atoms. The number of carboxylic acids is 1. The summed E-state index contributed by atoms with van der Waals surface area (Å²) in [4.78, 5) is 23.3. The summed E-state index contributed by atoms with van der Waals surface area (Å²) >= 11 is 9.02. The lowest BCUT2D eigenvalue weighted by Crippen LogP contribution is -2.32. The Labute approximate surface area is 146 Å². The number of amides is 1. The minimum absolute atomic E-state index is 0.123. The molecular formula is C16H12BrClNO4-. The van der Waals surface area contributed by atoms with Crippen LogP contribution in [0, 0.1) is 0 Å². The van der Waals surface area contributed by atoms with Gasteiger partial charge in [-0.1, -0.05) is 33.6 Å². The first kappa shape index (κ1) is 17.3. The van der Waals surface area contributed by atoms with Crippen LogP contribution in [-0.2, 0) is 4.79 Å². The van der Waals surface area contributed by atoms with Crippen molar-refractivity contribution in [3.8, 4) is 5.75 Å². The highest BCUT2D eigenvalue weighted by molar-refractivity contribution is 9.10. The summed E-state index contributed by atoms with van der Waals surface area (Å²) in [5.41, 5.74) is 0.0161. The number of ether oxygens (including phenoxy) is 1. The van der Waals surface area contributed by atoms with E-state index in [1.165, 1.54) is 12.1 Å². The van der Waals surface area contributed by atoms with Gasteiger partial charge >= 0.3 is 0 Å². The third-order valence-electron chi connectivity index (χ3n) is 2.94. The Balaban J connectivity index is 2.11. The summed E-state index contributed by atoms with van der Waals surface area (Å²) in [7, 11) is 0. The summed E-state index contributed by atoms with van der Waals surface area (Å²) in [6, 6.07) is 11.1. The molecular weight excluding hydrogens is 386 g/mol. The van der Waals surface area contributed by atoms with Crippen molar-refractivity contribution in [2.45, 2.75) is 13.0 Å². The molecule has 1 atom stereocenters. The molecule has 0 unspecified atom stereocenters. The second-order valence-corrected chi connectivity index (χ2v) is 6.04. The van der Waals surface area contributed by atoms with Crippen molar-refractivity contribution in [3.05, 3.63) is 57.5 Å². The summed E-state index contributed by atoms with van der Waals surface area (Å²) in [6.45, 7) is 1.55. The third-order valence-corrected chi connectivity index (χ3v) is 3.67. The molecule has 0 bridgehead atoms. The average molecular weight is 398 g/mol. The molecule has 0 saturated heterocycles. The van der Waals surface area contributed by atoms with Gasteiger partial charge in [-0.25, -0.2) is 0 Å². The molecule has 23 heavy (non-hydrogen) atoms. The molecule has 1 N–H and O–H groups in total. The number of carbonyl (C=O) groups excluding carboxylic acids is 2. The molecule has 2 aromatic rings. The number of anilines is 1. The molecule has 1 amide bonds. The van der Waals surface area contributed by atoms with Crippen molar-refractivity contribution < 1.29 is 19.4 Å². The summed E-state index contributed by atoms with van der Waals surface area (Å²) in [5.74, 6) is -1.43. The summed E-state index contributed by atoms with van der Waals surface area (Å²) < 4.78 is 6.05. The van der Waals surface area contributed by atoms with Crippen molar-refractivity contribution in [1.82, 2.24) is 0 Å². The average Bonchev–Trinajstić information content (AvgIpc) is 2.48. The quantitative estimate of drug-likeness (QED) is 0.841. The number of carbonyl (C=O) groups is 2. The van der Waals surface area contributed by atoms with Crippen LogP contribution >= 0.6 is 27.5 Å². The van der Waals surface area contributed by atoms with E-state index in [1.807, 2.05) is 0 Å². The molecule has 0 heterocycles. The molecule has 2 rings (SSSR count). The second kappa shape index (κ2) is 7.48. The molecule has 0 fully saturated rings. The summed E-state index contributed by atoms with van der Waals surface area (Å²) in [6.07, 6.45) is -0.841. The summed E-state index contributed by atoms with van der Waals surface area (Å²) in [5, 5.41) is 14.1. The number of aromatic carboxylic acids is 1. The van der Waals surface area contributed by atoms with Crippen LogP contribution in [-0.4, -0.2) is 18.0 Å². The van der Waals surface area contributed by atoms with E-state index in [1.54, 1.807) is 37.3 Å². The Morgan fingerprint density at radius 3 is 2.65 bits per heavy atom. The van der Waals surface area contributed by atoms with Gasteiger partial charge in [-0.15, -0.1) is 0 Å². The fourth-order valence-corrected chi connectivity index (χ4v) is 2.37. The minimum atomic E-state index is -1.38. The van der Waals surface area contributed by atoms with Gasteiger partial charge in [0, 0.05) is 20.7 Å². The lowest BCUT2D eigenvalue weighted by Gasteiger charge is -2.17. The highest BCUT2D eigenvalue weighted by atomic mass is 79.9. The number of hydrogen-bond donors (Lipinski definition) is 1. The largest absolute Gasteiger partial charge is 0.545 e. The molecule has 0 radical (unpaired) electrons. The van der Waals surface area contributed by atoms with Gasteiger partial charge in [0.1, 0.15) is 5.75 Å². The van der Waals surface area contributed by atoms with Crippen LogP contribution in [0.1, 0.15) is 17.3 Å². The number of carboxylic acid groups (broad SMARTS) is 1. The smallest absolute Gasteiger partial charge is 0.265 e. The van der Waals surface area contributed by atoms with E-state index in [0.717, 1.165) is 0 Å². The Morgan fingerprint density at radius 1 is 1.26 bits per heavy atom. The Morgan fingerprint density at radius 2 is 2.00 bits per heavy atom. The van der Waals surface area contributed by atoms with Crippen LogP contribution in [0.25, 0.3) is 0 Å². The Bertz CT molecular complexity index is 751. The maximum absolute atomic E-state index is 12.2. The molecule has 120 valence electrons. The van der Waals surface area contributed by atoms with Gasteiger partial charge in [0.15, 0.2) is 6.10 Å². The van der Waals surface area contributed by atoms with Gasteiger partial charge in [-0.05, 0) is 43.3 Å². The van der Waals surface area contributed by atoms with Crippen LogP contribution in [0.2, 0.25) is 5.02 Å². The van der Waals surface area contributed by atoms with Crippen molar-refractivity contribution in [2.75, 3.05) is 5.32 Å². The number of halogens is 2. The topological polar surface area (TPSA) is 78.5 Å². The zero-order valence-corrected chi connectivity index (χ0v) is 14.3. The van der Waals surface area contributed by atoms with Gasteiger partial charge in [0.25, 0.3) is 5.91 Å². The highest BCUT2D eigenvalue weighted by Crippen LogP contribution is 2.22. The van der Waals surface area contributed by atoms with E-state index in [2.05, 4.69) is 21.2 Å². The van der Waals surface area contributed by atoms with E-state index in [-0.39, 0.29) is 11.3 Å². The number of hydrogen-bond acceptors (Lipinski definition) is 4. The zero-order chi connectivity index (χ0) is 17.0. The molecule has 0 saturated carbocycles. The van der Waals surface area contributed by atoms with E-state index < -0.39 is 18.0 Å². The van der Waals surface area contributed by atoms with Crippen molar-refractivity contribution in [1.29, 1.82) is 0 Å². The van der Waals surface area contributed by atoms with Crippen molar-refractivity contribution >= 4 is 45.1 Å². The van der Waals surface area contributed by atoms with Gasteiger partial charge in [-0.2, -0.15) is 0 Å². The number of nitrogens with one attached hydrogen (secondary N) is 1. The molecule has 0 aliphatic carbocycles. The molecule has 0 aliphatic rings. The predicted molar refractivity (Wildman–Crippen MR) is 88.6 cm³/mol. The standard InChI is InChI=1S/C16H13BrClNO4/c1-9(23-12-4-2-3-11(18)8-12)15(20)19-14-6-5-10(17)7-13(14)16(21)22/h2-9H,1H3,(H,19,20)(H,21,22)/p-1/t9-/m0/s1. The Kier molecular flexibility index (Phi) is 5.63. The first-order valence-electron chi connectivity index (χ1n) is 6.61. The van der Waals surface area contributed by atoms with Gasteiger partial charge in [0.2, 0.25) is 0 Å². The van der Waals surface area contributed by atoms with E-state index >= 15 is 0 Å². The first-order valence-corrected chi connectivity index (χ1v) is 7.78. The SMILES string of the molecule is C[C@H](Oc1cccc(Cl)c1)C(=O)Nc1ccc(Br)cc1C(=O)[O-]. The second-order valence-electron chi connectivity index (χ2n) is 4.68. The van der Waals surface area contributed by atoms with Crippen LogP contribution in [0.15, 0.2) is 46.9 Å². The first-order chi connectivity index (χ1) is 10.9. The zero-order valence-electron chi connectivity index (χ0n) is 12.0. The highest BCUT2D eigenvalue weighted by Gasteiger charge is 2.17. The maximum Gasteiger partial charge on any atom is 0.265 e. The number of rotatable bonds is 5.